The summed E-state index contributed by atoms with van der Waals surface area (Å²) < 4.78 is 205. The lowest BCUT2D eigenvalue weighted by atomic mass is 10.2. The van der Waals surface area contributed by atoms with E-state index in [-0.39, 0.29) is 62.5 Å². The summed E-state index contributed by atoms with van der Waals surface area (Å²) in [4.78, 5) is 12.9. The summed E-state index contributed by atoms with van der Waals surface area (Å²) in [6.07, 6.45) is 0. The molecule has 38 heteroatoms. The number of benzene rings is 1. The normalized spacial score (nSPS) is 11.7. The SMILES string of the molecule is COCCOCCOCCOCCOCCOCCOCCOCCOCCOCCOCCOc1cc(C(=O)OC)cc(OCCOCCOCCOCCOCCOCCOCCOCCOCCOCCOCCOC)c1OCCOCCOCCOCCOCCOCCOCCOCCOCCOCCOCCOC. The van der Waals surface area contributed by atoms with Gasteiger partial charge in [-0.05, 0) is 12.1 Å². The minimum absolute atomic E-state index is 0.109. The molecule has 0 radical (unpaired) electrons. The van der Waals surface area contributed by atoms with Crippen molar-refractivity contribution >= 4 is 5.97 Å². The first-order valence-corrected chi connectivity index (χ1v) is 40.1. The second-order valence-electron chi connectivity index (χ2n) is 23.2. The highest BCUT2D eigenvalue weighted by Gasteiger charge is 2.20. The van der Waals surface area contributed by atoms with E-state index in [1.54, 1.807) is 21.3 Å². The molecule has 0 N–H and O–H groups in total. The van der Waals surface area contributed by atoms with Crippen LogP contribution in [0.25, 0.3) is 0 Å². The third-order valence-corrected chi connectivity index (χ3v) is 14.2. The van der Waals surface area contributed by atoms with Crippen molar-refractivity contribution in [2.45, 2.75) is 0 Å². The average Bonchev–Trinajstić information content (AvgIpc) is 0.816. The average molecular weight is 1680 g/mol. The van der Waals surface area contributed by atoms with E-state index in [1.807, 2.05) is 0 Å². The fraction of sp³-hybridized carbons (Fsp3) is 0.909. The Labute approximate surface area is 683 Å². The molecule has 0 saturated heterocycles. The van der Waals surface area contributed by atoms with E-state index in [9.17, 15) is 4.79 Å². The van der Waals surface area contributed by atoms with Gasteiger partial charge >= 0.3 is 5.97 Å². The van der Waals surface area contributed by atoms with Crippen LogP contribution in [-0.2, 0) is 161 Å². The standard InChI is InChI=1S/C77H146O38/c1-79-5-8-83-11-14-86-17-20-89-23-26-92-29-32-95-35-38-98-41-44-101-47-50-104-53-56-107-59-62-110-65-68-113-74-71-73(77(78)82-4)72-75(114-69-66-111-63-60-108-57-54-105-51-48-102-45-42-99-39-36-96-33-30-93-27-24-90-21-18-87-15-12-84-9-6-80-2)76(74)115-70-67-112-64-61-109-58-55-106-52-49-103-46-43-100-40-37-97-34-31-94-28-25-91-22-19-88-16-13-85-10-7-81-3/h71-72H,5-70H2,1-4H3. The van der Waals surface area contributed by atoms with Crippen LogP contribution in [0.5, 0.6) is 17.2 Å². The van der Waals surface area contributed by atoms with Gasteiger partial charge in [-0.2, -0.15) is 0 Å². The van der Waals surface area contributed by atoms with Gasteiger partial charge in [-0.1, -0.05) is 0 Å². The monoisotopic (exact) mass is 1680 g/mol. The van der Waals surface area contributed by atoms with Crippen LogP contribution in [0.1, 0.15) is 10.4 Å². The van der Waals surface area contributed by atoms with Gasteiger partial charge in [0, 0.05) is 21.3 Å². The van der Waals surface area contributed by atoms with E-state index in [4.69, 9.17) is 175 Å². The lowest BCUT2D eigenvalue weighted by Gasteiger charge is -2.18. The fourth-order valence-corrected chi connectivity index (χ4v) is 8.46. The van der Waals surface area contributed by atoms with Gasteiger partial charge in [0.25, 0.3) is 0 Å². The molecule has 0 aromatic heterocycles. The van der Waals surface area contributed by atoms with Gasteiger partial charge in [0.15, 0.2) is 11.5 Å². The van der Waals surface area contributed by atoms with Crippen molar-refractivity contribution < 1.29 is 180 Å². The van der Waals surface area contributed by atoms with Gasteiger partial charge in [0.1, 0.15) is 19.8 Å². The zero-order valence-corrected chi connectivity index (χ0v) is 69.8. The Morgan fingerprint density at radius 3 is 0.400 bits per heavy atom. The molecule has 0 aliphatic heterocycles. The molecule has 1 aromatic rings. The van der Waals surface area contributed by atoms with Gasteiger partial charge in [0.05, 0.1) is 429 Å². The summed E-state index contributed by atoms with van der Waals surface area (Å²) in [6, 6.07) is 3.05. The number of rotatable bonds is 103. The molecule has 0 saturated carbocycles. The Morgan fingerprint density at radius 1 is 0.165 bits per heavy atom. The summed E-state index contributed by atoms with van der Waals surface area (Å²) in [7, 11) is 6.20. The second-order valence-corrected chi connectivity index (χ2v) is 23.2. The highest BCUT2D eigenvalue weighted by molar-refractivity contribution is 5.91. The first kappa shape index (κ1) is 110. The maximum Gasteiger partial charge on any atom is 0.338 e. The molecular weight excluding hydrogens is 1530 g/mol. The molecule has 115 heavy (non-hydrogen) atoms. The molecule has 0 aliphatic rings. The second kappa shape index (κ2) is 97.9. The molecule has 682 valence electrons. The number of carbonyl (C=O) groups excluding carboxylic acids is 1. The quantitative estimate of drug-likeness (QED) is 0.0665. The first-order valence-electron chi connectivity index (χ1n) is 40.1. The van der Waals surface area contributed by atoms with Crippen LogP contribution in [0.3, 0.4) is 0 Å². The maximum absolute atomic E-state index is 12.9. The van der Waals surface area contributed by atoms with Gasteiger partial charge in [0.2, 0.25) is 5.75 Å². The molecule has 0 atom stereocenters. The predicted octanol–water partition coefficient (Wildman–Crippen LogP) is 2.05. The van der Waals surface area contributed by atoms with Crippen molar-refractivity contribution in [3.63, 3.8) is 0 Å². The van der Waals surface area contributed by atoms with E-state index in [1.165, 1.54) is 19.2 Å². The molecule has 0 heterocycles. The first-order chi connectivity index (χ1) is 57.2. The van der Waals surface area contributed by atoms with Gasteiger partial charge in [-0.3, -0.25) is 0 Å². The highest BCUT2D eigenvalue weighted by Crippen LogP contribution is 2.39. The summed E-state index contributed by atoms with van der Waals surface area (Å²) >= 11 is 0. The number of esters is 1. The molecule has 1 rings (SSSR count). The molecule has 0 spiro atoms. The Balaban J connectivity index is 2.32. The Kier molecular flexibility index (Phi) is 93.4. The third kappa shape index (κ3) is 85.5. The lowest BCUT2D eigenvalue weighted by molar-refractivity contribution is -0.0274. The number of methoxy groups -OCH3 is 4. The third-order valence-electron chi connectivity index (χ3n) is 14.2. The highest BCUT2D eigenvalue weighted by atomic mass is 16.6. The largest absolute Gasteiger partial charge is 0.487 e. The van der Waals surface area contributed by atoms with Crippen molar-refractivity contribution in [2.24, 2.45) is 0 Å². The molecule has 1 aromatic carbocycles. The van der Waals surface area contributed by atoms with Gasteiger partial charge in [-0.25, -0.2) is 4.79 Å². The molecule has 0 aliphatic carbocycles. The summed E-state index contributed by atoms with van der Waals surface area (Å²) in [5, 5.41) is 0. The molecule has 0 amide bonds. The van der Waals surface area contributed by atoms with Crippen molar-refractivity contribution in [3.8, 4) is 17.2 Å². The lowest BCUT2D eigenvalue weighted by Crippen LogP contribution is -2.17. The molecule has 0 fully saturated rings. The van der Waals surface area contributed by atoms with E-state index < -0.39 is 5.97 Å². The van der Waals surface area contributed by atoms with E-state index in [2.05, 4.69) is 0 Å². The Morgan fingerprint density at radius 2 is 0.278 bits per heavy atom. The minimum atomic E-state index is -0.600. The minimum Gasteiger partial charge on any atom is -0.487 e. The number of carbonyl (C=O) groups is 1. The van der Waals surface area contributed by atoms with Crippen LogP contribution < -0.4 is 14.2 Å². The number of ether oxygens (including phenoxy) is 37. The molecular formula is C77H146O38. The van der Waals surface area contributed by atoms with E-state index in [0.717, 1.165) is 0 Å². The van der Waals surface area contributed by atoms with Crippen molar-refractivity contribution in [2.75, 3.05) is 464 Å². The Bertz CT molecular complexity index is 1930. The molecule has 0 bridgehead atoms. The zero-order chi connectivity index (χ0) is 82.1. The van der Waals surface area contributed by atoms with Crippen molar-refractivity contribution in [1.82, 2.24) is 0 Å². The predicted molar refractivity (Wildman–Crippen MR) is 414 cm³/mol. The van der Waals surface area contributed by atoms with Crippen molar-refractivity contribution in [3.05, 3.63) is 17.7 Å². The van der Waals surface area contributed by atoms with Crippen LogP contribution in [0.4, 0.5) is 0 Å². The molecule has 0 unspecified atom stereocenters. The van der Waals surface area contributed by atoms with Crippen LogP contribution >= 0.6 is 0 Å². The van der Waals surface area contributed by atoms with Crippen LogP contribution in [0, 0.1) is 0 Å². The van der Waals surface area contributed by atoms with Crippen molar-refractivity contribution in [1.29, 1.82) is 0 Å². The summed E-state index contributed by atoms with van der Waals surface area (Å²) in [6.45, 7) is 28.4. The van der Waals surface area contributed by atoms with E-state index in [0.29, 0.717) is 396 Å². The van der Waals surface area contributed by atoms with E-state index >= 15 is 0 Å². The maximum atomic E-state index is 12.9. The topological polar surface area (TPSA) is 359 Å². The van der Waals surface area contributed by atoms with Crippen LogP contribution in [0.2, 0.25) is 0 Å². The number of hydrogen-bond acceptors (Lipinski definition) is 38. The number of hydrogen-bond donors (Lipinski definition) is 0. The van der Waals surface area contributed by atoms with Crippen LogP contribution in [-0.4, -0.2) is 470 Å². The summed E-state index contributed by atoms with van der Waals surface area (Å²) in [5.41, 5.74) is 0.184. The van der Waals surface area contributed by atoms with Crippen LogP contribution in [0.15, 0.2) is 12.1 Å². The zero-order valence-electron chi connectivity index (χ0n) is 69.8. The summed E-state index contributed by atoms with van der Waals surface area (Å²) in [5.74, 6) is 0.125. The smallest absolute Gasteiger partial charge is 0.338 e. The Hall–Kier alpha value is -3.23. The molecule has 38 nitrogen and oxygen atoms in total. The fourth-order valence-electron chi connectivity index (χ4n) is 8.46. The van der Waals surface area contributed by atoms with Gasteiger partial charge < -0.3 is 175 Å². The van der Waals surface area contributed by atoms with Gasteiger partial charge in [-0.15, -0.1) is 0 Å².